The van der Waals surface area contributed by atoms with Crippen LogP contribution in [-0.2, 0) is 4.74 Å². The van der Waals surface area contributed by atoms with Crippen LogP contribution in [0.4, 0.5) is 5.69 Å². The Balaban J connectivity index is 1.57. The Bertz CT molecular complexity index is 582. The normalized spacial score (nSPS) is 16.0. The fourth-order valence-electron chi connectivity index (χ4n) is 2.57. The van der Waals surface area contributed by atoms with Crippen LogP contribution in [-0.4, -0.2) is 33.0 Å². The standard InChI is InChI=1S/C14H19N5OS/c21-14-16-17-18-19(14)12-6-4-5-11(9-12)15-10-20-13-7-2-1-3-8-13/h4-6,9,13,15H,1-3,7-8,10H2,(H,16,18,21). The number of nitrogens with one attached hydrogen (secondary N) is 1. The average Bonchev–Trinajstić information content (AvgIpc) is 2.95. The summed E-state index contributed by atoms with van der Waals surface area (Å²) in [6.45, 7) is 0.525. The molecule has 1 fully saturated rings. The molecule has 0 amide bonds. The van der Waals surface area contributed by atoms with Gasteiger partial charge >= 0.3 is 0 Å². The van der Waals surface area contributed by atoms with E-state index in [0.717, 1.165) is 11.4 Å². The lowest BCUT2D eigenvalue weighted by atomic mass is 9.98. The molecule has 1 aliphatic carbocycles. The van der Waals surface area contributed by atoms with Gasteiger partial charge in [-0.2, -0.15) is 4.68 Å². The van der Waals surface area contributed by atoms with Crippen molar-refractivity contribution in [2.45, 2.75) is 43.4 Å². The van der Waals surface area contributed by atoms with Crippen LogP contribution in [0.15, 0.2) is 29.4 Å². The number of benzene rings is 1. The van der Waals surface area contributed by atoms with Gasteiger partial charge < -0.3 is 10.1 Å². The van der Waals surface area contributed by atoms with E-state index in [2.05, 4.69) is 33.5 Å². The summed E-state index contributed by atoms with van der Waals surface area (Å²) in [5.41, 5.74) is 1.85. The van der Waals surface area contributed by atoms with Gasteiger partial charge in [0.15, 0.2) is 0 Å². The van der Waals surface area contributed by atoms with Gasteiger partial charge in [0.25, 0.3) is 0 Å². The summed E-state index contributed by atoms with van der Waals surface area (Å²) in [7, 11) is 0. The van der Waals surface area contributed by atoms with Crippen LogP contribution in [0, 0.1) is 0 Å². The second kappa shape index (κ2) is 6.91. The zero-order chi connectivity index (χ0) is 14.5. The molecule has 1 saturated carbocycles. The number of ether oxygens (including phenoxy) is 1. The first-order chi connectivity index (χ1) is 10.3. The number of nitrogens with zero attached hydrogens (tertiary/aromatic N) is 4. The zero-order valence-electron chi connectivity index (χ0n) is 11.8. The highest BCUT2D eigenvalue weighted by molar-refractivity contribution is 7.80. The third-order valence-corrected chi connectivity index (χ3v) is 3.97. The van der Waals surface area contributed by atoms with Crippen molar-refractivity contribution in [2.24, 2.45) is 0 Å². The minimum Gasteiger partial charge on any atom is -0.363 e. The first-order valence-corrected chi connectivity index (χ1v) is 7.71. The summed E-state index contributed by atoms with van der Waals surface area (Å²) in [6.07, 6.45) is 6.66. The quantitative estimate of drug-likeness (QED) is 0.657. The molecular formula is C14H19N5OS. The lowest BCUT2D eigenvalue weighted by molar-refractivity contribution is 0.0400. The zero-order valence-corrected chi connectivity index (χ0v) is 12.7. The van der Waals surface area contributed by atoms with Crippen molar-refractivity contribution >= 4 is 18.3 Å². The Morgan fingerprint density at radius 3 is 2.90 bits per heavy atom. The van der Waals surface area contributed by atoms with Gasteiger partial charge in [0.2, 0.25) is 5.16 Å². The van der Waals surface area contributed by atoms with Gasteiger partial charge in [0, 0.05) is 5.69 Å². The highest BCUT2D eigenvalue weighted by atomic mass is 32.1. The molecule has 0 spiro atoms. The second-order valence-electron chi connectivity index (χ2n) is 5.19. The van der Waals surface area contributed by atoms with Crippen LogP contribution in [0.3, 0.4) is 0 Å². The maximum Gasteiger partial charge on any atom is 0.211 e. The van der Waals surface area contributed by atoms with Crippen molar-refractivity contribution in [2.75, 3.05) is 12.0 Å². The molecule has 1 aromatic heterocycles. The predicted octanol–water partition coefficient (Wildman–Crippen LogP) is 2.67. The number of aromatic nitrogens is 4. The van der Waals surface area contributed by atoms with E-state index in [-0.39, 0.29) is 0 Å². The Hall–Kier alpha value is -1.60. The largest absolute Gasteiger partial charge is 0.363 e. The van der Waals surface area contributed by atoms with Crippen molar-refractivity contribution in [3.05, 3.63) is 24.3 Å². The number of tetrazole rings is 1. The van der Waals surface area contributed by atoms with E-state index in [1.54, 1.807) is 4.68 Å². The summed E-state index contributed by atoms with van der Waals surface area (Å²) in [5.74, 6) is 0. The lowest BCUT2D eigenvalue weighted by Crippen LogP contribution is -2.20. The SMILES string of the molecule is Sc1nnnn1-c1cccc(NCOC2CCCCC2)c1. The van der Waals surface area contributed by atoms with Gasteiger partial charge in [-0.3, -0.25) is 0 Å². The molecule has 0 saturated heterocycles. The summed E-state index contributed by atoms with van der Waals surface area (Å²) in [4.78, 5) is 0. The van der Waals surface area contributed by atoms with Crippen molar-refractivity contribution in [3.8, 4) is 5.69 Å². The van der Waals surface area contributed by atoms with Crippen LogP contribution >= 0.6 is 12.6 Å². The Labute approximate surface area is 129 Å². The average molecular weight is 305 g/mol. The molecule has 0 bridgehead atoms. The molecule has 1 aliphatic rings. The molecule has 112 valence electrons. The molecular weight excluding hydrogens is 286 g/mol. The lowest BCUT2D eigenvalue weighted by Gasteiger charge is -2.22. The van der Waals surface area contributed by atoms with E-state index in [1.165, 1.54) is 32.1 Å². The molecule has 1 heterocycles. The predicted molar refractivity (Wildman–Crippen MR) is 82.9 cm³/mol. The van der Waals surface area contributed by atoms with Crippen LogP contribution in [0.2, 0.25) is 0 Å². The van der Waals surface area contributed by atoms with Gasteiger partial charge in [-0.25, -0.2) is 0 Å². The molecule has 7 heteroatoms. The number of hydrogen-bond donors (Lipinski definition) is 2. The summed E-state index contributed by atoms with van der Waals surface area (Å²) in [5, 5.41) is 15.0. The summed E-state index contributed by atoms with van der Waals surface area (Å²) in [6, 6.07) is 7.85. The van der Waals surface area contributed by atoms with Gasteiger partial charge in [0.05, 0.1) is 11.8 Å². The summed E-state index contributed by atoms with van der Waals surface area (Å²) >= 11 is 4.22. The molecule has 1 aromatic carbocycles. The molecule has 0 unspecified atom stereocenters. The van der Waals surface area contributed by atoms with Crippen molar-refractivity contribution < 1.29 is 4.74 Å². The molecule has 2 aromatic rings. The summed E-state index contributed by atoms with van der Waals surface area (Å²) < 4.78 is 7.45. The minimum atomic E-state index is 0.401. The maximum atomic E-state index is 5.87. The molecule has 21 heavy (non-hydrogen) atoms. The van der Waals surface area contributed by atoms with Crippen molar-refractivity contribution in [1.82, 2.24) is 20.2 Å². The van der Waals surface area contributed by atoms with Crippen molar-refractivity contribution in [3.63, 3.8) is 0 Å². The Morgan fingerprint density at radius 1 is 1.29 bits per heavy atom. The second-order valence-corrected chi connectivity index (χ2v) is 5.59. The highest BCUT2D eigenvalue weighted by Gasteiger charge is 2.13. The third-order valence-electron chi connectivity index (χ3n) is 3.69. The van der Waals surface area contributed by atoms with E-state index < -0.39 is 0 Å². The van der Waals surface area contributed by atoms with Gasteiger partial charge in [-0.1, -0.05) is 25.3 Å². The molecule has 0 radical (unpaired) electrons. The molecule has 0 atom stereocenters. The van der Waals surface area contributed by atoms with E-state index in [0.29, 0.717) is 18.0 Å². The number of anilines is 1. The van der Waals surface area contributed by atoms with Crippen LogP contribution in [0.1, 0.15) is 32.1 Å². The topological polar surface area (TPSA) is 64.9 Å². The Morgan fingerprint density at radius 2 is 2.14 bits per heavy atom. The first kappa shape index (κ1) is 14.3. The molecule has 3 rings (SSSR count). The maximum absolute atomic E-state index is 5.87. The number of hydrogen-bond acceptors (Lipinski definition) is 6. The fourth-order valence-corrected chi connectivity index (χ4v) is 2.77. The van der Waals surface area contributed by atoms with Crippen LogP contribution < -0.4 is 5.32 Å². The Kier molecular flexibility index (Phi) is 4.72. The monoisotopic (exact) mass is 305 g/mol. The van der Waals surface area contributed by atoms with E-state index in [4.69, 9.17) is 4.74 Å². The molecule has 1 N–H and O–H groups in total. The van der Waals surface area contributed by atoms with E-state index in [1.807, 2.05) is 24.3 Å². The fraction of sp³-hybridized carbons (Fsp3) is 0.500. The highest BCUT2D eigenvalue weighted by Crippen LogP contribution is 2.21. The number of thiol groups is 1. The van der Waals surface area contributed by atoms with Gasteiger partial charge in [0.1, 0.15) is 6.73 Å². The van der Waals surface area contributed by atoms with Crippen LogP contribution in [0.5, 0.6) is 0 Å². The van der Waals surface area contributed by atoms with Gasteiger partial charge in [-0.05, 0) is 41.5 Å². The van der Waals surface area contributed by atoms with E-state index in [9.17, 15) is 0 Å². The third kappa shape index (κ3) is 3.74. The molecule has 0 aliphatic heterocycles. The number of rotatable bonds is 5. The van der Waals surface area contributed by atoms with Gasteiger partial charge in [-0.15, -0.1) is 17.7 Å². The molecule has 6 nitrogen and oxygen atoms in total. The van der Waals surface area contributed by atoms with Crippen LogP contribution in [0.25, 0.3) is 5.69 Å². The minimum absolute atomic E-state index is 0.401. The van der Waals surface area contributed by atoms with E-state index >= 15 is 0 Å². The van der Waals surface area contributed by atoms with Crippen molar-refractivity contribution in [1.29, 1.82) is 0 Å². The smallest absolute Gasteiger partial charge is 0.211 e. The first-order valence-electron chi connectivity index (χ1n) is 7.26.